The predicted octanol–water partition coefficient (Wildman–Crippen LogP) is 3.06. The Bertz CT molecular complexity index is 1280. The second kappa shape index (κ2) is 9.95. The summed E-state index contributed by atoms with van der Waals surface area (Å²) in [5.41, 5.74) is 3.01. The molecule has 3 N–H and O–H groups in total. The van der Waals surface area contributed by atoms with E-state index in [4.69, 9.17) is 0 Å². The number of hydrogen-bond acceptors (Lipinski definition) is 4. The molecule has 0 unspecified atom stereocenters. The quantitative estimate of drug-likeness (QED) is 0.585. The van der Waals surface area contributed by atoms with Gasteiger partial charge in [0, 0.05) is 38.8 Å². The molecular weight excluding hydrogens is 468 g/mol. The molecule has 3 amide bonds. The maximum atomic E-state index is 13.5. The lowest BCUT2D eigenvalue weighted by Crippen LogP contribution is -2.53. The number of H-pyrrole nitrogens is 1. The molecule has 1 aromatic carbocycles. The van der Waals surface area contributed by atoms with Gasteiger partial charge < -0.3 is 20.4 Å². The minimum absolute atomic E-state index is 0.00195. The molecule has 37 heavy (non-hydrogen) atoms. The fraction of sp³-hybridized carbons (Fsp3) is 0.464. The number of nitrogens with zero attached hydrogens (tertiary/aromatic N) is 3. The van der Waals surface area contributed by atoms with E-state index in [1.165, 1.54) is 12.8 Å². The monoisotopic (exact) mass is 502 g/mol. The minimum Gasteiger partial charge on any atom is -0.366 e. The highest BCUT2D eigenvalue weighted by atomic mass is 16.2. The molecule has 4 aliphatic rings. The molecular formula is C28H34N6O3. The molecule has 2 fully saturated rings. The van der Waals surface area contributed by atoms with Crippen molar-refractivity contribution in [3.8, 4) is 0 Å². The summed E-state index contributed by atoms with van der Waals surface area (Å²) in [6.07, 6.45) is 10.3. The topological polar surface area (TPSA) is 102 Å². The van der Waals surface area contributed by atoms with Crippen molar-refractivity contribution in [3.05, 3.63) is 64.2 Å². The number of hydrogen-bond donors (Lipinski definition) is 3. The van der Waals surface area contributed by atoms with E-state index in [-0.39, 0.29) is 23.7 Å². The number of aromatic amines is 1. The van der Waals surface area contributed by atoms with Crippen LogP contribution in [0.25, 0.3) is 11.6 Å². The van der Waals surface area contributed by atoms with Gasteiger partial charge in [0.1, 0.15) is 11.9 Å². The summed E-state index contributed by atoms with van der Waals surface area (Å²) in [6.45, 7) is 3.11. The van der Waals surface area contributed by atoms with E-state index < -0.39 is 6.04 Å². The van der Waals surface area contributed by atoms with E-state index in [1.54, 1.807) is 4.90 Å². The number of carbonyl (C=O) groups excluding carboxylic acids is 2. The van der Waals surface area contributed by atoms with Crippen LogP contribution >= 0.6 is 0 Å². The van der Waals surface area contributed by atoms with Crippen molar-refractivity contribution < 1.29 is 9.59 Å². The summed E-state index contributed by atoms with van der Waals surface area (Å²) in [5.74, 6) is 1.34. The van der Waals surface area contributed by atoms with E-state index in [0.29, 0.717) is 51.4 Å². The van der Waals surface area contributed by atoms with Crippen molar-refractivity contribution in [2.75, 3.05) is 38.0 Å². The number of amides is 3. The van der Waals surface area contributed by atoms with Gasteiger partial charge in [-0.05, 0) is 55.2 Å². The Morgan fingerprint density at radius 1 is 1.05 bits per heavy atom. The van der Waals surface area contributed by atoms with Crippen molar-refractivity contribution in [2.45, 2.75) is 44.2 Å². The van der Waals surface area contributed by atoms with Gasteiger partial charge >= 0.3 is 11.7 Å². The third-order valence-corrected chi connectivity index (χ3v) is 7.94. The standard InChI is InChI=1S/C28H34N6O3/c35-26-23(11-10-21(20-5-2-1-3-6-20)18-33(26)17-19-8-9-19)30-27(36)32-15-12-22(13-16-32)34-24-7-4-14-29-25(24)31-28(34)37/h1-7,10,19,22-23,29H,8-9,11-18H2,(H,30,36)(H,31,37)/t23-/m1/s1. The number of carbonyl (C=O) groups is 2. The number of piperidine rings is 1. The van der Waals surface area contributed by atoms with Crippen LogP contribution < -0.4 is 16.3 Å². The number of likely N-dealkylation sites (tertiary alicyclic amines) is 1. The molecule has 3 aliphatic heterocycles. The summed E-state index contributed by atoms with van der Waals surface area (Å²) in [7, 11) is 0. The van der Waals surface area contributed by atoms with Gasteiger partial charge in [0.25, 0.3) is 0 Å². The van der Waals surface area contributed by atoms with Gasteiger partial charge in [-0.2, -0.15) is 0 Å². The summed E-state index contributed by atoms with van der Waals surface area (Å²) < 4.78 is 1.81. The summed E-state index contributed by atoms with van der Waals surface area (Å²) in [5, 5.41) is 6.24. The Kier molecular flexibility index (Phi) is 6.36. The zero-order valence-electron chi connectivity index (χ0n) is 21.0. The number of nitrogens with one attached hydrogen (secondary N) is 3. The van der Waals surface area contributed by atoms with Gasteiger partial charge in [0.2, 0.25) is 5.91 Å². The molecule has 0 radical (unpaired) electrons. The van der Waals surface area contributed by atoms with Crippen molar-refractivity contribution in [1.82, 2.24) is 24.7 Å². The molecule has 1 aliphatic carbocycles. The molecule has 4 heterocycles. The molecule has 1 saturated heterocycles. The fourth-order valence-corrected chi connectivity index (χ4v) is 5.70. The molecule has 0 bridgehead atoms. The lowest BCUT2D eigenvalue weighted by atomic mass is 10.0. The summed E-state index contributed by atoms with van der Waals surface area (Å²) >= 11 is 0. The number of aromatic nitrogens is 2. The second-order valence-electron chi connectivity index (χ2n) is 10.6. The maximum Gasteiger partial charge on any atom is 0.327 e. The second-order valence-corrected chi connectivity index (χ2v) is 10.6. The molecule has 2 aromatic rings. The SMILES string of the molecule is O=C(N[C@@H]1CC=C(c2ccccc2)CN(CC2CC2)C1=O)N1CCC(n2c3c([nH]c2=O)NCC=C3)CC1. The first-order valence-electron chi connectivity index (χ1n) is 13.4. The van der Waals surface area contributed by atoms with Crippen molar-refractivity contribution in [2.24, 2.45) is 5.92 Å². The van der Waals surface area contributed by atoms with Crippen molar-refractivity contribution >= 4 is 29.4 Å². The first kappa shape index (κ1) is 23.6. The van der Waals surface area contributed by atoms with Crippen LogP contribution in [0, 0.1) is 5.92 Å². The minimum atomic E-state index is -0.569. The average Bonchev–Trinajstić information content (AvgIpc) is 3.70. The van der Waals surface area contributed by atoms with Gasteiger partial charge in [0.05, 0.1) is 5.69 Å². The van der Waals surface area contributed by atoms with E-state index in [9.17, 15) is 14.4 Å². The first-order chi connectivity index (χ1) is 18.1. The predicted molar refractivity (Wildman–Crippen MR) is 143 cm³/mol. The van der Waals surface area contributed by atoms with E-state index in [2.05, 4.69) is 33.8 Å². The molecule has 194 valence electrons. The van der Waals surface area contributed by atoms with Crippen LogP contribution in [0.2, 0.25) is 0 Å². The summed E-state index contributed by atoms with van der Waals surface area (Å²) in [4.78, 5) is 45.9. The highest BCUT2D eigenvalue weighted by molar-refractivity contribution is 5.90. The van der Waals surface area contributed by atoms with Crippen LogP contribution in [-0.2, 0) is 4.79 Å². The van der Waals surface area contributed by atoms with Crippen molar-refractivity contribution in [1.29, 1.82) is 0 Å². The summed E-state index contributed by atoms with van der Waals surface area (Å²) in [6, 6.07) is 9.44. The van der Waals surface area contributed by atoms with Gasteiger partial charge in [-0.1, -0.05) is 42.5 Å². The average molecular weight is 503 g/mol. The maximum absolute atomic E-state index is 13.5. The third-order valence-electron chi connectivity index (χ3n) is 7.94. The highest BCUT2D eigenvalue weighted by Gasteiger charge is 2.35. The van der Waals surface area contributed by atoms with Gasteiger partial charge in [-0.15, -0.1) is 0 Å². The normalized spacial score (nSPS) is 22.2. The number of urea groups is 1. The smallest absolute Gasteiger partial charge is 0.327 e. The molecule has 9 heteroatoms. The lowest BCUT2D eigenvalue weighted by molar-refractivity contribution is -0.132. The molecule has 1 aromatic heterocycles. The highest BCUT2D eigenvalue weighted by Crippen LogP contribution is 2.32. The van der Waals surface area contributed by atoms with Gasteiger partial charge in [-0.3, -0.25) is 14.3 Å². The Labute approximate surface area is 216 Å². The van der Waals surface area contributed by atoms with Crippen LogP contribution in [0.15, 0.2) is 47.3 Å². The number of anilines is 1. The zero-order valence-corrected chi connectivity index (χ0v) is 21.0. The van der Waals surface area contributed by atoms with Crippen LogP contribution in [0.1, 0.15) is 49.4 Å². The van der Waals surface area contributed by atoms with Gasteiger partial charge in [-0.25, -0.2) is 9.59 Å². The Morgan fingerprint density at radius 2 is 1.84 bits per heavy atom. The number of imidazole rings is 1. The third kappa shape index (κ3) is 4.95. The first-order valence-corrected chi connectivity index (χ1v) is 13.4. The molecule has 1 saturated carbocycles. The van der Waals surface area contributed by atoms with Crippen LogP contribution in [0.5, 0.6) is 0 Å². The number of rotatable bonds is 5. The van der Waals surface area contributed by atoms with Crippen LogP contribution in [0.3, 0.4) is 0 Å². The molecule has 9 nitrogen and oxygen atoms in total. The Balaban J connectivity index is 1.12. The largest absolute Gasteiger partial charge is 0.366 e. The molecule has 0 spiro atoms. The van der Waals surface area contributed by atoms with Gasteiger partial charge in [0.15, 0.2) is 0 Å². The van der Waals surface area contributed by atoms with Crippen LogP contribution in [0.4, 0.5) is 10.6 Å². The lowest BCUT2D eigenvalue weighted by Gasteiger charge is -2.34. The number of benzene rings is 1. The Hall–Kier alpha value is -3.75. The molecule has 6 rings (SSSR count). The molecule has 1 atom stereocenters. The van der Waals surface area contributed by atoms with E-state index in [1.807, 2.05) is 39.8 Å². The zero-order chi connectivity index (χ0) is 25.4. The van der Waals surface area contributed by atoms with Crippen molar-refractivity contribution in [3.63, 3.8) is 0 Å². The van der Waals surface area contributed by atoms with E-state index in [0.717, 1.165) is 29.2 Å². The fourth-order valence-electron chi connectivity index (χ4n) is 5.70. The Morgan fingerprint density at radius 3 is 2.59 bits per heavy atom. The van der Waals surface area contributed by atoms with E-state index >= 15 is 0 Å². The van der Waals surface area contributed by atoms with Crippen LogP contribution in [-0.4, -0.2) is 70.1 Å². The number of fused-ring (bicyclic) bond motifs is 1.